The summed E-state index contributed by atoms with van der Waals surface area (Å²) in [6.07, 6.45) is 3.55. The highest BCUT2D eigenvalue weighted by Crippen LogP contribution is 2.22. The fourth-order valence-corrected chi connectivity index (χ4v) is 3.23. The molecule has 148 valence electrons. The first-order chi connectivity index (χ1) is 13.1. The molecule has 0 saturated carbocycles. The van der Waals surface area contributed by atoms with Crippen molar-refractivity contribution in [3.8, 4) is 11.6 Å². The monoisotopic (exact) mass is 429 g/mol. The van der Waals surface area contributed by atoms with Crippen LogP contribution in [-0.4, -0.2) is 28.2 Å². The number of hydrogen-bond acceptors (Lipinski definition) is 5. The third-order valence-electron chi connectivity index (χ3n) is 3.84. The van der Waals surface area contributed by atoms with E-state index in [1.54, 1.807) is 0 Å². The van der Waals surface area contributed by atoms with Crippen LogP contribution in [0.15, 0.2) is 41.5 Å². The molecule has 0 bridgehead atoms. The Morgan fingerprint density at radius 1 is 1.25 bits per heavy atom. The zero-order chi connectivity index (χ0) is 20.6. The van der Waals surface area contributed by atoms with Gasteiger partial charge in [0.15, 0.2) is 5.02 Å². The van der Waals surface area contributed by atoms with Gasteiger partial charge in [0.2, 0.25) is 15.9 Å². The number of ether oxygens (including phenoxy) is 1. The fourth-order valence-electron chi connectivity index (χ4n) is 2.47. The van der Waals surface area contributed by atoms with Crippen LogP contribution in [0.2, 0.25) is 5.02 Å². The van der Waals surface area contributed by atoms with E-state index in [1.165, 1.54) is 31.5 Å². The maximum Gasteiger partial charge on any atom is 0.280 e. The second-order valence-corrected chi connectivity index (χ2v) is 8.17. The van der Waals surface area contributed by atoms with Gasteiger partial charge in [0, 0.05) is 24.0 Å². The van der Waals surface area contributed by atoms with Crippen LogP contribution in [0.1, 0.15) is 11.4 Å². The van der Waals surface area contributed by atoms with Crippen molar-refractivity contribution in [3.05, 3.63) is 75.1 Å². The number of aromatic nitrogens is 3. The molecular weight excluding hydrogens is 416 g/mol. The molecule has 2 heterocycles. The maximum absolute atomic E-state index is 13.7. The van der Waals surface area contributed by atoms with E-state index < -0.39 is 27.2 Å². The van der Waals surface area contributed by atoms with Gasteiger partial charge < -0.3 is 4.74 Å². The molecule has 3 rings (SSSR count). The van der Waals surface area contributed by atoms with Gasteiger partial charge in [-0.3, -0.25) is 13.3 Å². The molecule has 0 spiro atoms. The van der Waals surface area contributed by atoms with E-state index in [0.717, 1.165) is 20.9 Å². The molecule has 0 radical (unpaired) electrons. The molecule has 2 aromatic heterocycles. The van der Waals surface area contributed by atoms with E-state index in [1.807, 2.05) is 0 Å². The summed E-state index contributed by atoms with van der Waals surface area (Å²) in [6.45, 7) is 1.19. The van der Waals surface area contributed by atoms with Gasteiger partial charge in [-0.1, -0.05) is 11.6 Å². The molecule has 0 aliphatic rings. The number of benzene rings is 1. The summed E-state index contributed by atoms with van der Waals surface area (Å²) in [5.41, 5.74) is -0.375. The number of rotatable bonds is 5. The predicted octanol–water partition coefficient (Wildman–Crippen LogP) is 2.66. The van der Waals surface area contributed by atoms with Gasteiger partial charge >= 0.3 is 0 Å². The van der Waals surface area contributed by atoms with Gasteiger partial charge in [-0.2, -0.15) is 4.98 Å². The van der Waals surface area contributed by atoms with Crippen LogP contribution in [0.25, 0.3) is 5.69 Å². The Labute approximate surface area is 163 Å². The van der Waals surface area contributed by atoms with Crippen LogP contribution < -0.4 is 10.3 Å². The van der Waals surface area contributed by atoms with Crippen LogP contribution in [0.3, 0.4) is 0 Å². The quantitative estimate of drug-likeness (QED) is 0.622. The first-order valence-electron chi connectivity index (χ1n) is 7.82. The van der Waals surface area contributed by atoms with Crippen molar-refractivity contribution in [1.29, 1.82) is 0 Å². The highest BCUT2D eigenvalue weighted by Gasteiger charge is 2.18. The number of halogens is 3. The molecule has 0 amide bonds. The average molecular weight is 430 g/mol. The van der Waals surface area contributed by atoms with Crippen molar-refractivity contribution >= 4 is 21.6 Å². The van der Waals surface area contributed by atoms with Crippen molar-refractivity contribution in [2.24, 2.45) is 0 Å². The van der Waals surface area contributed by atoms with E-state index in [9.17, 15) is 22.0 Å². The largest absolute Gasteiger partial charge is 0.471 e. The number of nitrogens with zero attached hydrogens (tertiary/aromatic N) is 3. The molecule has 7 nitrogen and oxygen atoms in total. The summed E-state index contributed by atoms with van der Waals surface area (Å²) in [5.74, 6) is -1.57. The summed E-state index contributed by atoms with van der Waals surface area (Å²) in [5, 5.41) is -0.361. The van der Waals surface area contributed by atoms with E-state index in [2.05, 4.69) is 4.98 Å². The van der Waals surface area contributed by atoms with Gasteiger partial charge in [0.1, 0.15) is 24.1 Å². The topological polar surface area (TPSA) is 83.2 Å². The van der Waals surface area contributed by atoms with E-state index >= 15 is 0 Å². The summed E-state index contributed by atoms with van der Waals surface area (Å²) in [4.78, 5) is 16.7. The standard InChI is InChI=1S/C17H14ClF2N3O4S/c1-10-21-16(27-9-11-3-4-12(19)7-14(11)20)15(18)17(24)23(10)13-5-6-22(8-13)28(2,25)26/h3-8H,9H2,1-2H3. The van der Waals surface area contributed by atoms with Gasteiger partial charge in [-0.25, -0.2) is 17.2 Å². The zero-order valence-corrected chi connectivity index (χ0v) is 16.3. The van der Waals surface area contributed by atoms with Crippen molar-refractivity contribution in [3.63, 3.8) is 0 Å². The average Bonchev–Trinajstić information content (AvgIpc) is 3.08. The number of hydrogen-bond donors (Lipinski definition) is 0. The van der Waals surface area contributed by atoms with Crippen molar-refractivity contribution < 1.29 is 21.9 Å². The highest BCUT2D eigenvalue weighted by molar-refractivity contribution is 7.89. The lowest BCUT2D eigenvalue weighted by Gasteiger charge is -2.12. The molecule has 0 atom stereocenters. The fraction of sp³-hybridized carbons (Fsp3) is 0.176. The van der Waals surface area contributed by atoms with Crippen LogP contribution >= 0.6 is 11.6 Å². The summed E-state index contributed by atoms with van der Waals surface area (Å²) < 4.78 is 57.3. The van der Waals surface area contributed by atoms with Crippen LogP contribution in [0.5, 0.6) is 5.88 Å². The first-order valence-corrected chi connectivity index (χ1v) is 10.1. The van der Waals surface area contributed by atoms with Crippen LogP contribution in [0.4, 0.5) is 8.78 Å². The Kier molecular flexibility index (Phi) is 5.26. The highest BCUT2D eigenvalue weighted by atomic mass is 35.5. The Bertz CT molecular complexity index is 1220. The van der Waals surface area contributed by atoms with E-state index in [0.29, 0.717) is 6.07 Å². The molecule has 0 fully saturated rings. The lowest BCUT2D eigenvalue weighted by molar-refractivity contribution is 0.285. The molecular formula is C17H14ClF2N3O4S. The molecule has 0 aliphatic carbocycles. The molecule has 11 heteroatoms. The van der Waals surface area contributed by atoms with Crippen LogP contribution in [-0.2, 0) is 16.6 Å². The summed E-state index contributed by atoms with van der Waals surface area (Å²) in [7, 11) is -3.52. The zero-order valence-electron chi connectivity index (χ0n) is 14.7. The first kappa shape index (κ1) is 20.0. The maximum atomic E-state index is 13.7. The van der Waals surface area contributed by atoms with Crippen molar-refractivity contribution in [2.45, 2.75) is 13.5 Å². The van der Waals surface area contributed by atoms with E-state index in [4.69, 9.17) is 16.3 Å². The van der Waals surface area contributed by atoms with Gasteiger partial charge in [0.05, 0.1) is 11.9 Å². The third kappa shape index (κ3) is 3.92. The smallest absolute Gasteiger partial charge is 0.280 e. The van der Waals surface area contributed by atoms with Gasteiger partial charge in [-0.05, 0) is 25.1 Å². The van der Waals surface area contributed by atoms with Crippen molar-refractivity contribution in [2.75, 3.05) is 6.26 Å². The lowest BCUT2D eigenvalue weighted by Crippen LogP contribution is -2.23. The Morgan fingerprint density at radius 2 is 1.96 bits per heavy atom. The Balaban J connectivity index is 1.94. The minimum Gasteiger partial charge on any atom is -0.471 e. The van der Waals surface area contributed by atoms with Gasteiger partial charge in [-0.15, -0.1) is 0 Å². The Morgan fingerprint density at radius 3 is 2.57 bits per heavy atom. The molecule has 0 saturated heterocycles. The van der Waals surface area contributed by atoms with Crippen LogP contribution in [0, 0.1) is 18.6 Å². The minimum absolute atomic E-state index is 0.0614. The SMILES string of the molecule is Cc1nc(OCc2ccc(F)cc2F)c(Cl)c(=O)n1-c1ccn(S(C)(=O)=O)c1. The minimum atomic E-state index is -3.52. The lowest BCUT2D eigenvalue weighted by atomic mass is 10.2. The second-order valence-electron chi connectivity index (χ2n) is 5.91. The summed E-state index contributed by atoms with van der Waals surface area (Å²) >= 11 is 6.05. The van der Waals surface area contributed by atoms with Gasteiger partial charge in [0.25, 0.3) is 5.56 Å². The molecule has 0 aliphatic heterocycles. The molecule has 1 aromatic carbocycles. The molecule has 3 aromatic rings. The predicted molar refractivity (Wildman–Crippen MR) is 98.5 cm³/mol. The molecule has 0 unspecified atom stereocenters. The second kappa shape index (κ2) is 7.36. The third-order valence-corrected chi connectivity index (χ3v) is 5.15. The normalized spacial score (nSPS) is 11.6. The molecule has 0 N–H and O–H groups in total. The molecule has 28 heavy (non-hydrogen) atoms. The number of aryl methyl sites for hydroxylation is 1. The van der Waals surface area contributed by atoms with E-state index in [-0.39, 0.29) is 34.6 Å². The Hall–Kier alpha value is -2.72. The summed E-state index contributed by atoms with van der Waals surface area (Å²) in [6, 6.07) is 4.41. The van der Waals surface area contributed by atoms with Crippen molar-refractivity contribution in [1.82, 2.24) is 13.5 Å².